The quantitative estimate of drug-likeness (QED) is 0.827. The van der Waals surface area contributed by atoms with Crippen LogP contribution in [0.2, 0.25) is 0 Å². The number of hydrogen-bond acceptors (Lipinski definition) is 4. The van der Waals surface area contributed by atoms with E-state index in [0.29, 0.717) is 6.61 Å². The molecule has 1 fully saturated rings. The van der Waals surface area contributed by atoms with Crippen LogP contribution in [-0.4, -0.2) is 27.2 Å². The summed E-state index contributed by atoms with van der Waals surface area (Å²) in [6.45, 7) is 3.82. The minimum absolute atomic E-state index is 0.171. The summed E-state index contributed by atoms with van der Waals surface area (Å²) in [7, 11) is -3.96. The van der Waals surface area contributed by atoms with E-state index in [1.807, 2.05) is 0 Å². The lowest BCUT2D eigenvalue weighted by atomic mass is 10.1. The van der Waals surface area contributed by atoms with E-state index in [2.05, 4.69) is 4.72 Å². The van der Waals surface area contributed by atoms with Crippen LogP contribution in [0.4, 0.5) is 10.1 Å². The highest BCUT2D eigenvalue weighted by Crippen LogP contribution is 2.23. The number of ether oxygens (including phenoxy) is 1. The molecule has 5 nitrogen and oxygen atoms in total. The van der Waals surface area contributed by atoms with Gasteiger partial charge in [0.25, 0.3) is 0 Å². The molecular formula is C13H19FN2O3S. The molecule has 0 bridgehead atoms. The molecule has 3 N–H and O–H groups in total. The molecule has 112 valence electrons. The number of halogens is 1. The van der Waals surface area contributed by atoms with E-state index in [0.717, 1.165) is 18.9 Å². The fourth-order valence-corrected chi connectivity index (χ4v) is 3.80. The maximum absolute atomic E-state index is 14.0. The third-order valence-electron chi connectivity index (χ3n) is 3.40. The summed E-state index contributed by atoms with van der Waals surface area (Å²) in [4.78, 5) is -0.417. The molecule has 0 spiro atoms. The number of nitrogen functional groups attached to an aromatic ring is 1. The first-order valence-corrected chi connectivity index (χ1v) is 7.99. The summed E-state index contributed by atoms with van der Waals surface area (Å²) in [6.07, 6.45) is 1.53. The van der Waals surface area contributed by atoms with Crippen LogP contribution in [0.1, 0.15) is 25.3 Å². The minimum Gasteiger partial charge on any atom is -0.399 e. The van der Waals surface area contributed by atoms with Crippen LogP contribution >= 0.6 is 0 Å². The van der Waals surface area contributed by atoms with Gasteiger partial charge >= 0.3 is 0 Å². The topological polar surface area (TPSA) is 81.4 Å². The number of rotatable bonds is 4. The van der Waals surface area contributed by atoms with Crippen molar-refractivity contribution in [1.82, 2.24) is 4.72 Å². The van der Waals surface area contributed by atoms with Gasteiger partial charge in [0.1, 0.15) is 10.7 Å². The van der Waals surface area contributed by atoms with E-state index in [9.17, 15) is 12.8 Å². The van der Waals surface area contributed by atoms with Crippen LogP contribution < -0.4 is 10.5 Å². The molecule has 1 aromatic carbocycles. The number of anilines is 1. The second-order valence-electron chi connectivity index (χ2n) is 5.11. The Labute approximate surface area is 118 Å². The van der Waals surface area contributed by atoms with Gasteiger partial charge in [-0.25, -0.2) is 17.5 Å². The molecule has 0 amide bonds. The average Bonchev–Trinajstić information content (AvgIpc) is 2.86. The van der Waals surface area contributed by atoms with Gasteiger partial charge in [0.15, 0.2) is 0 Å². The summed E-state index contributed by atoms with van der Waals surface area (Å²) in [5.41, 5.74) is 6.01. The molecule has 2 unspecified atom stereocenters. The zero-order valence-corrected chi connectivity index (χ0v) is 12.3. The Morgan fingerprint density at radius 3 is 2.80 bits per heavy atom. The van der Waals surface area contributed by atoms with Gasteiger partial charge in [-0.1, -0.05) is 0 Å². The third kappa shape index (κ3) is 3.11. The van der Waals surface area contributed by atoms with E-state index in [4.69, 9.17) is 10.5 Å². The first-order chi connectivity index (χ1) is 9.31. The van der Waals surface area contributed by atoms with Crippen LogP contribution in [0.3, 0.4) is 0 Å². The number of benzene rings is 1. The lowest BCUT2D eigenvalue weighted by molar-refractivity contribution is 0.0902. The van der Waals surface area contributed by atoms with E-state index in [1.165, 1.54) is 13.0 Å². The average molecular weight is 302 g/mol. The van der Waals surface area contributed by atoms with Crippen molar-refractivity contribution in [3.05, 3.63) is 23.5 Å². The Morgan fingerprint density at radius 2 is 2.20 bits per heavy atom. The van der Waals surface area contributed by atoms with Crippen molar-refractivity contribution >= 4 is 15.7 Å². The van der Waals surface area contributed by atoms with Crippen molar-refractivity contribution in [3.63, 3.8) is 0 Å². The Bertz CT molecular complexity index is 598. The number of nitrogens with one attached hydrogen (secondary N) is 1. The summed E-state index contributed by atoms with van der Waals surface area (Å²) >= 11 is 0. The van der Waals surface area contributed by atoms with Crippen molar-refractivity contribution in [1.29, 1.82) is 0 Å². The Kier molecular flexibility index (Phi) is 4.31. The Balaban J connectivity index is 2.26. The van der Waals surface area contributed by atoms with Crippen molar-refractivity contribution in [3.8, 4) is 0 Å². The second kappa shape index (κ2) is 5.67. The van der Waals surface area contributed by atoms with Crippen LogP contribution in [0, 0.1) is 12.7 Å². The van der Waals surface area contributed by atoms with Crippen molar-refractivity contribution in [2.75, 3.05) is 12.3 Å². The van der Waals surface area contributed by atoms with Crippen LogP contribution in [-0.2, 0) is 14.8 Å². The molecule has 2 atom stereocenters. The summed E-state index contributed by atoms with van der Waals surface area (Å²) < 4.78 is 46.4. The number of hydrogen-bond donors (Lipinski definition) is 2. The Morgan fingerprint density at radius 1 is 1.50 bits per heavy atom. The monoisotopic (exact) mass is 302 g/mol. The van der Waals surface area contributed by atoms with E-state index in [1.54, 1.807) is 6.92 Å². The highest BCUT2D eigenvalue weighted by Gasteiger charge is 2.29. The van der Waals surface area contributed by atoms with Crippen LogP contribution in [0.5, 0.6) is 0 Å². The molecule has 1 heterocycles. The molecular weight excluding hydrogens is 283 g/mol. The molecule has 1 aliphatic rings. The molecule has 0 aromatic heterocycles. The van der Waals surface area contributed by atoms with Crippen molar-refractivity contribution < 1.29 is 17.5 Å². The highest BCUT2D eigenvalue weighted by molar-refractivity contribution is 7.89. The normalized spacial score (nSPS) is 21.1. The molecule has 20 heavy (non-hydrogen) atoms. The van der Waals surface area contributed by atoms with Gasteiger partial charge in [0, 0.05) is 18.3 Å². The van der Waals surface area contributed by atoms with Gasteiger partial charge in [-0.15, -0.1) is 0 Å². The first kappa shape index (κ1) is 15.2. The lowest BCUT2D eigenvalue weighted by Gasteiger charge is -2.20. The number of aryl methyl sites for hydroxylation is 1. The van der Waals surface area contributed by atoms with Gasteiger partial charge in [0.05, 0.1) is 6.10 Å². The SMILES string of the molecule is Cc1cc(N)cc(S(=O)(=O)NC(C)C2CCCO2)c1F. The molecule has 0 saturated carbocycles. The predicted molar refractivity (Wildman–Crippen MR) is 74.3 cm³/mol. The predicted octanol–water partition coefficient (Wildman–Crippen LogP) is 1.56. The largest absolute Gasteiger partial charge is 0.399 e. The third-order valence-corrected chi connectivity index (χ3v) is 4.95. The van der Waals surface area contributed by atoms with Crippen LogP contribution in [0.15, 0.2) is 17.0 Å². The summed E-state index contributed by atoms with van der Waals surface area (Å²) in [5, 5.41) is 0. The van der Waals surface area contributed by atoms with Gasteiger partial charge in [-0.3, -0.25) is 0 Å². The standard InChI is InChI=1S/C13H19FN2O3S/c1-8-6-10(15)7-12(13(8)14)20(17,18)16-9(2)11-4-3-5-19-11/h6-7,9,11,16H,3-5,15H2,1-2H3. The minimum atomic E-state index is -3.96. The number of sulfonamides is 1. The molecule has 1 saturated heterocycles. The summed E-state index contributed by atoms with van der Waals surface area (Å²) in [5.74, 6) is -0.772. The maximum Gasteiger partial charge on any atom is 0.243 e. The van der Waals surface area contributed by atoms with Gasteiger partial charge < -0.3 is 10.5 Å². The Hall–Kier alpha value is -1.18. The molecule has 7 heteroatoms. The zero-order valence-electron chi connectivity index (χ0n) is 11.5. The first-order valence-electron chi connectivity index (χ1n) is 6.51. The zero-order chi connectivity index (χ0) is 14.9. The van der Waals surface area contributed by atoms with Gasteiger partial charge in [0.2, 0.25) is 10.0 Å². The molecule has 0 aliphatic carbocycles. The molecule has 2 rings (SSSR count). The molecule has 0 radical (unpaired) electrons. The fourth-order valence-electron chi connectivity index (χ4n) is 2.34. The lowest BCUT2D eigenvalue weighted by Crippen LogP contribution is -2.41. The van der Waals surface area contributed by atoms with E-state index >= 15 is 0 Å². The molecule has 1 aliphatic heterocycles. The maximum atomic E-state index is 14.0. The van der Waals surface area contributed by atoms with Crippen molar-refractivity contribution in [2.45, 2.75) is 43.7 Å². The summed E-state index contributed by atoms with van der Waals surface area (Å²) in [6, 6.07) is 2.12. The van der Waals surface area contributed by atoms with Gasteiger partial charge in [-0.05, 0) is 44.4 Å². The highest BCUT2D eigenvalue weighted by atomic mass is 32.2. The fraction of sp³-hybridized carbons (Fsp3) is 0.538. The number of nitrogens with two attached hydrogens (primary N) is 1. The smallest absolute Gasteiger partial charge is 0.243 e. The van der Waals surface area contributed by atoms with Crippen molar-refractivity contribution in [2.24, 2.45) is 0 Å². The van der Waals surface area contributed by atoms with E-state index in [-0.39, 0.29) is 17.4 Å². The molecule has 1 aromatic rings. The second-order valence-corrected chi connectivity index (χ2v) is 6.79. The van der Waals surface area contributed by atoms with E-state index < -0.39 is 26.8 Å². The van der Waals surface area contributed by atoms with Crippen LogP contribution in [0.25, 0.3) is 0 Å². The van der Waals surface area contributed by atoms with Gasteiger partial charge in [-0.2, -0.15) is 0 Å².